The fourth-order valence-electron chi connectivity index (χ4n) is 1.46. The van der Waals surface area contributed by atoms with Crippen LogP contribution in [0, 0.1) is 0 Å². The maximum atomic E-state index is 11.3. The van der Waals surface area contributed by atoms with Gasteiger partial charge in [-0.05, 0) is 6.07 Å². The SMILES string of the molecule is O=C1N=CN=C2C1=Nc1cnccc12. The fourth-order valence-corrected chi connectivity index (χ4v) is 1.46. The highest BCUT2D eigenvalue weighted by molar-refractivity contribution is 6.74. The third-order valence-corrected chi connectivity index (χ3v) is 2.08. The van der Waals surface area contributed by atoms with Crippen LogP contribution in [-0.4, -0.2) is 28.7 Å². The molecule has 3 rings (SSSR count). The Kier molecular flexibility index (Phi) is 1.25. The van der Waals surface area contributed by atoms with Gasteiger partial charge >= 0.3 is 0 Å². The molecule has 0 aromatic carbocycles. The summed E-state index contributed by atoms with van der Waals surface area (Å²) >= 11 is 0. The maximum absolute atomic E-state index is 11.3. The van der Waals surface area contributed by atoms with Crippen LogP contribution in [0.3, 0.4) is 0 Å². The van der Waals surface area contributed by atoms with Crippen LogP contribution < -0.4 is 0 Å². The zero-order chi connectivity index (χ0) is 9.54. The second-order valence-corrected chi connectivity index (χ2v) is 2.88. The van der Waals surface area contributed by atoms with E-state index >= 15 is 0 Å². The van der Waals surface area contributed by atoms with E-state index in [1.54, 1.807) is 18.5 Å². The van der Waals surface area contributed by atoms with Crippen LogP contribution in [0.25, 0.3) is 0 Å². The molecule has 2 aliphatic heterocycles. The molecule has 0 fully saturated rings. The Morgan fingerprint density at radius 2 is 2.14 bits per heavy atom. The van der Waals surface area contributed by atoms with Crippen molar-refractivity contribution in [3.63, 3.8) is 0 Å². The minimum absolute atomic E-state index is 0.315. The first-order valence-corrected chi connectivity index (χ1v) is 4.04. The molecule has 1 aromatic rings. The number of fused-ring (bicyclic) bond motifs is 3. The summed E-state index contributed by atoms with van der Waals surface area (Å²) in [5.74, 6) is -0.341. The van der Waals surface area contributed by atoms with E-state index in [4.69, 9.17) is 0 Å². The first-order chi connectivity index (χ1) is 6.86. The molecule has 66 valence electrons. The average Bonchev–Trinajstić information content (AvgIpc) is 2.59. The normalized spacial score (nSPS) is 17.3. The van der Waals surface area contributed by atoms with Gasteiger partial charge in [0.2, 0.25) is 0 Å². The molecule has 5 nitrogen and oxygen atoms in total. The van der Waals surface area contributed by atoms with Gasteiger partial charge in [-0.25, -0.2) is 9.98 Å². The van der Waals surface area contributed by atoms with Crippen molar-refractivity contribution in [3.8, 4) is 0 Å². The summed E-state index contributed by atoms with van der Waals surface area (Å²) in [5.41, 5.74) is 2.44. The molecule has 0 atom stereocenters. The van der Waals surface area contributed by atoms with Crippen molar-refractivity contribution in [2.75, 3.05) is 0 Å². The highest BCUT2D eigenvalue weighted by atomic mass is 16.1. The van der Waals surface area contributed by atoms with Gasteiger partial charge in [-0.15, -0.1) is 0 Å². The summed E-state index contributed by atoms with van der Waals surface area (Å²) in [6, 6.07) is 1.79. The van der Waals surface area contributed by atoms with Gasteiger partial charge in [-0.1, -0.05) is 0 Å². The summed E-state index contributed by atoms with van der Waals surface area (Å²) in [7, 11) is 0. The molecule has 1 aromatic heterocycles. The van der Waals surface area contributed by atoms with Crippen LogP contribution in [0.2, 0.25) is 0 Å². The number of amides is 1. The van der Waals surface area contributed by atoms with Gasteiger partial charge < -0.3 is 0 Å². The molecule has 0 saturated heterocycles. The Labute approximate surface area is 78.9 Å². The van der Waals surface area contributed by atoms with Crippen molar-refractivity contribution in [3.05, 3.63) is 24.0 Å². The lowest BCUT2D eigenvalue weighted by Gasteiger charge is -2.01. The van der Waals surface area contributed by atoms with E-state index in [1.807, 2.05) is 0 Å². The lowest BCUT2D eigenvalue weighted by molar-refractivity contribution is -0.111. The predicted octanol–water partition coefficient (Wildman–Crippen LogP) is 0.525. The second-order valence-electron chi connectivity index (χ2n) is 2.88. The van der Waals surface area contributed by atoms with Gasteiger partial charge in [0.1, 0.15) is 12.1 Å². The van der Waals surface area contributed by atoms with Crippen LogP contribution in [0.4, 0.5) is 5.69 Å². The molecule has 14 heavy (non-hydrogen) atoms. The number of rotatable bonds is 0. The number of aliphatic imine (C=N–C) groups is 3. The highest BCUT2D eigenvalue weighted by Gasteiger charge is 2.28. The van der Waals surface area contributed by atoms with Crippen molar-refractivity contribution < 1.29 is 4.79 Å². The summed E-state index contributed by atoms with van der Waals surface area (Å²) in [5, 5.41) is 0. The Morgan fingerprint density at radius 3 is 3.07 bits per heavy atom. The van der Waals surface area contributed by atoms with Gasteiger partial charge in [-0.2, -0.15) is 4.99 Å². The van der Waals surface area contributed by atoms with Gasteiger partial charge in [0, 0.05) is 11.8 Å². The van der Waals surface area contributed by atoms with Crippen molar-refractivity contribution in [2.24, 2.45) is 15.0 Å². The van der Waals surface area contributed by atoms with Crippen molar-refractivity contribution in [1.82, 2.24) is 4.98 Å². The minimum atomic E-state index is -0.341. The van der Waals surface area contributed by atoms with E-state index in [1.165, 1.54) is 6.34 Å². The number of aromatic nitrogens is 1. The number of hydrogen-bond acceptors (Lipinski definition) is 4. The van der Waals surface area contributed by atoms with Crippen LogP contribution in [0.1, 0.15) is 5.56 Å². The molecule has 2 aliphatic rings. The summed E-state index contributed by atoms with van der Waals surface area (Å²) in [4.78, 5) is 26.9. The zero-order valence-electron chi connectivity index (χ0n) is 7.01. The standard InChI is InChI=1S/C9H4N4O/c14-9-8-7(11-4-12-9)5-1-2-10-3-6(5)13-8/h1-4H. The molecule has 0 bridgehead atoms. The Balaban J connectivity index is 2.29. The molecule has 0 radical (unpaired) electrons. The topological polar surface area (TPSA) is 67.0 Å². The maximum Gasteiger partial charge on any atom is 0.299 e. The second kappa shape index (κ2) is 2.41. The van der Waals surface area contributed by atoms with Crippen LogP contribution >= 0.6 is 0 Å². The molecule has 3 heterocycles. The number of hydrogen-bond donors (Lipinski definition) is 0. The van der Waals surface area contributed by atoms with Crippen molar-refractivity contribution in [2.45, 2.75) is 0 Å². The lowest BCUT2D eigenvalue weighted by Crippen LogP contribution is -2.23. The summed E-state index contributed by atoms with van der Waals surface area (Å²) in [6.45, 7) is 0. The van der Waals surface area contributed by atoms with E-state index in [0.717, 1.165) is 5.56 Å². The first kappa shape index (κ1) is 7.25. The van der Waals surface area contributed by atoms with E-state index < -0.39 is 0 Å². The van der Waals surface area contributed by atoms with Gasteiger partial charge in [-0.3, -0.25) is 9.78 Å². The summed E-state index contributed by atoms with van der Waals surface area (Å²) < 4.78 is 0. The number of nitrogens with zero attached hydrogens (tertiary/aromatic N) is 4. The molecular formula is C9H4N4O. The molecule has 0 spiro atoms. The Hall–Kier alpha value is -2.17. The minimum Gasteiger partial charge on any atom is -0.265 e. The molecular weight excluding hydrogens is 180 g/mol. The molecule has 0 N–H and O–H groups in total. The lowest BCUT2D eigenvalue weighted by atomic mass is 10.1. The number of carbonyl (C=O) groups is 1. The van der Waals surface area contributed by atoms with E-state index in [2.05, 4.69) is 20.0 Å². The number of pyridine rings is 1. The third-order valence-electron chi connectivity index (χ3n) is 2.08. The largest absolute Gasteiger partial charge is 0.299 e. The molecule has 5 heteroatoms. The smallest absolute Gasteiger partial charge is 0.265 e. The Bertz CT molecular complexity index is 527. The number of carbonyl (C=O) groups excluding carboxylic acids is 1. The first-order valence-electron chi connectivity index (χ1n) is 4.04. The molecule has 1 amide bonds. The van der Waals surface area contributed by atoms with Crippen molar-refractivity contribution >= 4 is 29.4 Å². The van der Waals surface area contributed by atoms with Gasteiger partial charge in [0.15, 0.2) is 5.71 Å². The molecule has 0 saturated carbocycles. The van der Waals surface area contributed by atoms with E-state index in [0.29, 0.717) is 17.1 Å². The van der Waals surface area contributed by atoms with E-state index in [-0.39, 0.29) is 5.91 Å². The highest BCUT2D eigenvalue weighted by Crippen LogP contribution is 2.26. The molecule has 0 aliphatic carbocycles. The Morgan fingerprint density at radius 1 is 1.21 bits per heavy atom. The van der Waals surface area contributed by atoms with Crippen LogP contribution in [0.5, 0.6) is 0 Å². The monoisotopic (exact) mass is 184 g/mol. The van der Waals surface area contributed by atoms with Gasteiger partial charge in [0.25, 0.3) is 5.91 Å². The average molecular weight is 184 g/mol. The van der Waals surface area contributed by atoms with Crippen molar-refractivity contribution in [1.29, 1.82) is 0 Å². The predicted molar refractivity (Wildman–Crippen MR) is 51.4 cm³/mol. The fraction of sp³-hybridized carbons (Fsp3) is 0. The van der Waals surface area contributed by atoms with Gasteiger partial charge in [0.05, 0.1) is 11.9 Å². The third kappa shape index (κ3) is 0.806. The van der Waals surface area contributed by atoms with Crippen LogP contribution in [-0.2, 0) is 4.79 Å². The van der Waals surface area contributed by atoms with E-state index in [9.17, 15) is 4.79 Å². The quantitative estimate of drug-likeness (QED) is 0.590. The zero-order valence-corrected chi connectivity index (χ0v) is 7.01. The molecule has 0 unspecified atom stereocenters. The van der Waals surface area contributed by atoms with Crippen LogP contribution in [0.15, 0.2) is 33.4 Å². The summed E-state index contributed by atoms with van der Waals surface area (Å²) in [6.07, 6.45) is 4.51.